The number of rotatable bonds is 4. The first kappa shape index (κ1) is 21.0. The van der Waals surface area contributed by atoms with Crippen molar-refractivity contribution in [1.82, 2.24) is 0 Å². The topological polar surface area (TPSA) is 76.0 Å². The van der Waals surface area contributed by atoms with E-state index in [0.717, 1.165) is 11.1 Å². The summed E-state index contributed by atoms with van der Waals surface area (Å²) in [5, 5.41) is 21.2. The summed E-state index contributed by atoms with van der Waals surface area (Å²) in [5.74, 6) is -0.315. The molecule has 0 heterocycles. The van der Waals surface area contributed by atoms with E-state index in [9.17, 15) is 15.0 Å². The van der Waals surface area contributed by atoms with Gasteiger partial charge in [0.15, 0.2) is 23.0 Å². The van der Waals surface area contributed by atoms with Crippen molar-refractivity contribution < 1.29 is 24.5 Å². The Kier molecular flexibility index (Phi) is 5.81. The Labute approximate surface area is 186 Å². The number of benzene rings is 4. The molecule has 0 unspecified atom stereocenters. The largest absolute Gasteiger partial charge is 0.519 e. The molecule has 0 saturated heterocycles. The lowest BCUT2D eigenvalue weighted by Gasteiger charge is -2.16. The maximum Gasteiger partial charge on any atom is 0.519 e. The van der Waals surface area contributed by atoms with Gasteiger partial charge in [-0.2, -0.15) is 0 Å². The van der Waals surface area contributed by atoms with Crippen LogP contribution in [-0.2, 0) is 0 Å². The van der Waals surface area contributed by atoms with E-state index in [4.69, 9.17) is 9.47 Å². The standard InChI is InChI=1S/C27H22O5/c1-17-13-15-21(19-9-5-3-6-10-19)25(23(17)28)31-27(30)32-26-22(16-14-18(2)24(26)29)20-11-7-4-8-12-20/h3-16,28-29H,1-2H3. The molecule has 0 bridgehead atoms. The fraction of sp³-hybridized carbons (Fsp3) is 0.0741. The lowest BCUT2D eigenvalue weighted by Crippen LogP contribution is -2.15. The van der Waals surface area contributed by atoms with E-state index in [0.29, 0.717) is 22.3 Å². The Morgan fingerprint density at radius 1 is 0.594 bits per heavy atom. The first-order chi connectivity index (χ1) is 15.5. The van der Waals surface area contributed by atoms with Crippen LogP contribution in [0, 0.1) is 13.8 Å². The van der Waals surface area contributed by atoms with Gasteiger partial charge in [-0.05, 0) is 36.1 Å². The third-order valence-electron chi connectivity index (χ3n) is 5.21. The van der Waals surface area contributed by atoms with Crippen LogP contribution in [-0.4, -0.2) is 16.4 Å². The summed E-state index contributed by atoms with van der Waals surface area (Å²) in [7, 11) is 0. The molecular weight excluding hydrogens is 404 g/mol. The third kappa shape index (κ3) is 4.14. The fourth-order valence-electron chi connectivity index (χ4n) is 3.42. The molecule has 0 spiro atoms. The highest BCUT2D eigenvalue weighted by Crippen LogP contribution is 2.42. The van der Waals surface area contributed by atoms with Crippen molar-refractivity contribution in [3.63, 3.8) is 0 Å². The van der Waals surface area contributed by atoms with Crippen LogP contribution in [0.25, 0.3) is 22.3 Å². The molecule has 0 aliphatic rings. The highest BCUT2D eigenvalue weighted by Gasteiger charge is 2.22. The minimum Gasteiger partial charge on any atom is -0.504 e. The van der Waals surface area contributed by atoms with Gasteiger partial charge in [0.2, 0.25) is 0 Å². The zero-order valence-corrected chi connectivity index (χ0v) is 17.7. The quantitative estimate of drug-likeness (QED) is 0.283. The Balaban J connectivity index is 1.71. The Morgan fingerprint density at radius 2 is 0.969 bits per heavy atom. The van der Waals surface area contributed by atoms with Crippen LogP contribution in [0.3, 0.4) is 0 Å². The number of hydrogen-bond donors (Lipinski definition) is 2. The number of aryl methyl sites for hydroxylation is 2. The SMILES string of the molecule is Cc1ccc(-c2ccccc2)c(OC(=O)Oc2c(-c3ccccc3)ccc(C)c2O)c1O. The number of ether oxygens (including phenoxy) is 2. The fourth-order valence-corrected chi connectivity index (χ4v) is 3.42. The molecule has 4 aromatic rings. The van der Waals surface area contributed by atoms with E-state index < -0.39 is 6.16 Å². The van der Waals surface area contributed by atoms with Crippen LogP contribution in [0.4, 0.5) is 4.79 Å². The van der Waals surface area contributed by atoms with Crippen molar-refractivity contribution in [2.75, 3.05) is 0 Å². The molecule has 0 saturated carbocycles. The Morgan fingerprint density at radius 3 is 1.34 bits per heavy atom. The van der Waals surface area contributed by atoms with Gasteiger partial charge < -0.3 is 19.7 Å². The second-order valence-electron chi connectivity index (χ2n) is 7.40. The van der Waals surface area contributed by atoms with E-state index in [1.807, 2.05) is 60.7 Å². The highest BCUT2D eigenvalue weighted by molar-refractivity contribution is 5.82. The molecule has 0 radical (unpaired) electrons. The lowest BCUT2D eigenvalue weighted by molar-refractivity contribution is 0.149. The summed E-state index contributed by atoms with van der Waals surface area (Å²) in [4.78, 5) is 12.8. The van der Waals surface area contributed by atoms with E-state index in [1.54, 1.807) is 38.1 Å². The van der Waals surface area contributed by atoms with Crippen LogP contribution in [0.15, 0.2) is 84.9 Å². The summed E-state index contributed by atoms with van der Waals surface area (Å²) in [5.41, 5.74) is 3.74. The zero-order chi connectivity index (χ0) is 22.7. The molecular formula is C27H22O5. The van der Waals surface area contributed by atoms with Gasteiger partial charge >= 0.3 is 6.16 Å². The summed E-state index contributed by atoms with van der Waals surface area (Å²) in [6, 6.07) is 25.6. The molecule has 5 heteroatoms. The van der Waals surface area contributed by atoms with Crippen LogP contribution in [0.1, 0.15) is 11.1 Å². The lowest BCUT2D eigenvalue weighted by atomic mass is 10.0. The second kappa shape index (κ2) is 8.86. The predicted molar refractivity (Wildman–Crippen MR) is 123 cm³/mol. The minimum absolute atomic E-state index is 0.00500. The van der Waals surface area contributed by atoms with Crippen molar-refractivity contribution in [2.24, 2.45) is 0 Å². The predicted octanol–water partition coefficient (Wildman–Crippen LogP) is 6.63. The van der Waals surface area contributed by atoms with Gasteiger partial charge in [0.25, 0.3) is 0 Å². The number of phenolic OH excluding ortho intramolecular Hbond substituents is 2. The molecule has 4 aromatic carbocycles. The van der Waals surface area contributed by atoms with Gasteiger partial charge in [-0.1, -0.05) is 84.9 Å². The zero-order valence-electron chi connectivity index (χ0n) is 17.7. The van der Waals surface area contributed by atoms with Gasteiger partial charge in [0, 0.05) is 11.1 Å². The molecule has 2 N–H and O–H groups in total. The molecule has 0 amide bonds. The van der Waals surface area contributed by atoms with Gasteiger partial charge in [-0.3, -0.25) is 0 Å². The minimum atomic E-state index is -1.07. The average molecular weight is 426 g/mol. The summed E-state index contributed by atoms with van der Waals surface area (Å²) < 4.78 is 11.0. The Bertz CT molecular complexity index is 1170. The molecule has 5 nitrogen and oxygen atoms in total. The third-order valence-corrected chi connectivity index (χ3v) is 5.21. The molecule has 0 fully saturated rings. The molecule has 0 aromatic heterocycles. The number of phenols is 2. The molecule has 0 aliphatic heterocycles. The van der Waals surface area contributed by atoms with E-state index in [1.165, 1.54) is 0 Å². The van der Waals surface area contributed by atoms with Crippen LogP contribution < -0.4 is 9.47 Å². The Hall–Kier alpha value is -4.25. The van der Waals surface area contributed by atoms with Crippen molar-refractivity contribution in [3.05, 3.63) is 96.1 Å². The number of carbonyl (C=O) groups is 1. The van der Waals surface area contributed by atoms with Crippen molar-refractivity contribution in [1.29, 1.82) is 0 Å². The molecule has 4 rings (SSSR count). The van der Waals surface area contributed by atoms with Gasteiger partial charge in [0.05, 0.1) is 0 Å². The number of carbonyl (C=O) groups excluding carboxylic acids is 1. The maximum atomic E-state index is 12.8. The van der Waals surface area contributed by atoms with E-state index >= 15 is 0 Å². The summed E-state index contributed by atoms with van der Waals surface area (Å²) in [6.45, 7) is 3.42. The van der Waals surface area contributed by atoms with E-state index in [2.05, 4.69) is 0 Å². The first-order valence-electron chi connectivity index (χ1n) is 10.1. The van der Waals surface area contributed by atoms with Gasteiger partial charge in [0.1, 0.15) is 0 Å². The first-order valence-corrected chi connectivity index (χ1v) is 10.1. The van der Waals surface area contributed by atoms with Gasteiger partial charge in [-0.15, -0.1) is 0 Å². The van der Waals surface area contributed by atoms with E-state index in [-0.39, 0.29) is 23.0 Å². The molecule has 0 aliphatic carbocycles. The smallest absolute Gasteiger partial charge is 0.504 e. The normalized spacial score (nSPS) is 10.6. The van der Waals surface area contributed by atoms with Gasteiger partial charge in [-0.25, -0.2) is 4.79 Å². The van der Waals surface area contributed by atoms with Crippen LogP contribution in [0.2, 0.25) is 0 Å². The van der Waals surface area contributed by atoms with Crippen LogP contribution >= 0.6 is 0 Å². The maximum absolute atomic E-state index is 12.8. The molecule has 0 atom stereocenters. The highest BCUT2D eigenvalue weighted by atomic mass is 16.7. The number of hydrogen-bond acceptors (Lipinski definition) is 5. The summed E-state index contributed by atoms with van der Waals surface area (Å²) in [6.07, 6.45) is -1.07. The molecule has 32 heavy (non-hydrogen) atoms. The van der Waals surface area contributed by atoms with Crippen molar-refractivity contribution in [2.45, 2.75) is 13.8 Å². The molecule has 160 valence electrons. The van der Waals surface area contributed by atoms with Crippen molar-refractivity contribution in [3.8, 4) is 45.3 Å². The van der Waals surface area contributed by atoms with Crippen molar-refractivity contribution >= 4 is 6.16 Å². The second-order valence-corrected chi connectivity index (χ2v) is 7.40. The number of aromatic hydroxyl groups is 2. The summed E-state index contributed by atoms with van der Waals surface area (Å²) >= 11 is 0. The monoisotopic (exact) mass is 426 g/mol. The van der Waals surface area contributed by atoms with Crippen LogP contribution in [0.5, 0.6) is 23.0 Å². The average Bonchev–Trinajstić information content (AvgIpc) is 2.81.